The zero-order valence-electron chi connectivity index (χ0n) is 17.0. The minimum absolute atomic E-state index is 0.209. The number of carbonyl (C=O) groups is 2. The van der Waals surface area contributed by atoms with Crippen molar-refractivity contribution in [1.29, 1.82) is 0 Å². The third-order valence-electron chi connectivity index (χ3n) is 4.67. The zero-order valence-corrected chi connectivity index (χ0v) is 20.1. The fraction of sp³-hybridized carbons (Fsp3) is 0.0417. The van der Waals surface area contributed by atoms with Gasteiger partial charge in [0, 0.05) is 16.1 Å². The van der Waals surface area contributed by atoms with Crippen LogP contribution in [0.2, 0.25) is 10.0 Å². The van der Waals surface area contributed by atoms with E-state index in [0.717, 1.165) is 22.3 Å². The highest BCUT2D eigenvalue weighted by Crippen LogP contribution is 2.34. The fourth-order valence-corrected chi connectivity index (χ4v) is 4.60. The topological polar surface area (TPSA) is 58.6 Å². The summed E-state index contributed by atoms with van der Waals surface area (Å²) < 4.78 is 6.17. The Labute approximate surface area is 210 Å². The number of thioether (sulfide) groups is 1. The molecule has 0 aliphatic carbocycles. The molecular weight excluding hydrogens is 499 g/mol. The molecule has 5 nitrogen and oxygen atoms in total. The lowest BCUT2D eigenvalue weighted by atomic mass is 10.1. The van der Waals surface area contributed by atoms with Crippen molar-refractivity contribution >= 4 is 69.4 Å². The molecule has 1 fully saturated rings. The quantitative estimate of drug-likeness (QED) is 0.317. The van der Waals surface area contributed by atoms with Crippen molar-refractivity contribution in [3.05, 3.63) is 104 Å². The summed E-state index contributed by atoms with van der Waals surface area (Å²) in [5, 5.41) is 1.94. The average molecular weight is 515 g/mol. The van der Waals surface area contributed by atoms with E-state index < -0.39 is 11.8 Å². The Morgan fingerprint density at radius 1 is 1.00 bits per heavy atom. The monoisotopic (exact) mass is 514 g/mol. The standard InChI is InChI=1S/C24H16Cl2N2O3S2/c25-18-10-4-1-8-16(18)14-31-20-12-6-2-7-15(20)13-21-23(30)28(24(32)33-21)27-22(29)17-9-3-5-11-19(17)26/h1-13H,14H2,(H,27,29)/b21-13+. The number of hydrogen-bond donors (Lipinski definition) is 1. The molecule has 1 aliphatic rings. The van der Waals surface area contributed by atoms with Crippen LogP contribution in [0.3, 0.4) is 0 Å². The van der Waals surface area contributed by atoms with Gasteiger partial charge in [-0.15, -0.1) is 0 Å². The van der Waals surface area contributed by atoms with Crippen molar-refractivity contribution in [2.45, 2.75) is 6.61 Å². The molecule has 2 amide bonds. The number of amides is 2. The van der Waals surface area contributed by atoms with Gasteiger partial charge in [-0.3, -0.25) is 15.0 Å². The van der Waals surface area contributed by atoms with Crippen molar-refractivity contribution < 1.29 is 14.3 Å². The van der Waals surface area contributed by atoms with E-state index in [1.54, 1.807) is 36.4 Å². The first-order valence-corrected chi connectivity index (χ1v) is 11.7. The molecule has 0 spiro atoms. The van der Waals surface area contributed by atoms with Gasteiger partial charge in [0.2, 0.25) is 0 Å². The molecule has 0 aromatic heterocycles. The van der Waals surface area contributed by atoms with Gasteiger partial charge in [0.1, 0.15) is 12.4 Å². The molecule has 3 aromatic rings. The molecule has 0 atom stereocenters. The Morgan fingerprint density at radius 2 is 1.67 bits per heavy atom. The molecular formula is C24H16Cl2N2O3S2. The predicted octanol–water partition coefficient (Wildman–Crippen LogP) is 6.12. The van der Waals surface area contributed by atoms with Crippen molar-refractivity contribution in [2.75, 3.05) is 0 Å². The minimum Gasteiger partial charge on any atom is -0.488 e. The fourth-order valence-electron chi connectivity index (χ4n) is 3.01. The molecule has 3 aromatic carbocycles. The van der Waals surface area contributed by atoms with Crippen LogP contribution in [0.4, 0.5) is 0 Å². The van der Waals surface area contributed by atoms with E-state index in [2.05, 4.69) is 5.43 Å². The lowest BCUT2D eigenvalue weighted by Crippen LogP contribution is -2.44. The van der Waals surface area contributed by atoms with Crippen molar-refractivity contribution in [1.82, 2.24) is 10.4 Å². The summed E-state index contributed by atoms with van der Waals surface area (Å²) in [6.45, 7) is 0.277. The van der Waals surface area contributed by atoms with E-state index in [9.17, 15) is 9.59 Å². The molecule has 0 radical (unpaired) electrons. The van der Waals surface area contributed by atoms with Crippen LogP contribution >= 0.6 is 47.2 Å². The number of hydrazine groups is 1. The molecule has 0 bridgehead atoms. The number of nitrogens with zero attached hydrogens (tertiary/aromatic N) is 1. The van der Waals surface area contributed by atoms with Crippen LogP contribution in [0.15, 0.2) is 77.7 Å². The third-order valence-corrected chi connectivity index (χ3v) is 6.67. The number of nitrogens with one attached hydrogen (secondary N) is 1. The second-order valence-electron chi connectivity index (χ2n) is 6.86. The highest BCUT2D eigenvalue weighted by atomic mass is 35.5. The summed E-state index contributed by atoms with van der Waals surface area (Å²) in [4.78, 5) is 25.9. The second-order valence-corrected chi connectivity index (χ2v) is 9.35. The number of rotatable bonds is 6. The first-order chi connectivity index (χ1) is 15.9. The number of thiocarbonyl (C=S) groups is 1. The van der Waals surface area contributed by atoms with Crippen LogP contribution < -0.4 is 10.2 Å². The predicted molar refractivity (Wildman–Crippen MR) is 136 cm³/mol. The minimum atomic E-state index is -0.526. The largest absolute Gasteiger partial charge is 0.488 e. The normalized spacial score (nSPS) is 14.6. The van der Waals surface area contributed by atoms with Crippen LogP contribution in [-0.4, -0.2) is 21.1 Å². The first kappa shape index (κ1) is 23.3. The lowest BCUT2D eigenvalue weighted by Gasteiger charge is -2.16. The van der Waals surface area contributed by atoms with Crippen molar-refractivity contribution in [3.63, 3.8) is 0 Å². The first-order valence-electron chi connectivity index (χ1n) is 9.73. The van der Waals surface area contributed by atoms with Gasteiger partial charge in [0.25, 0.3) is 11.8 Å². The molecule has 166 valence electrons. The van der Waals surface area contributed by atoms with E-state index in [4.69, 9.17) is 40.2 Å². The van der Waals surface area contributed by atoms with Crippen LogP contribution in [0.1, 0.15) is 21.5 Å². The SMILES string of the molecule is O=C(NN1C(=O)/C(=C\c2ccccc2OCc2ccccc2Cl)SC1=S)c1ccccc1Cl. The van der Waals surface area contributed by atoms with Gasteiger partial charge < -0.3 is 4.74 Å². The molecule has 9 heteroatoms. The number of para-hydroxylation sites is 1. The highest BCUT2D eigenvalue weighted by molar-refractivity contribution is 8.26. The Balaban J connectivity index is 1.51. The molecule has 1 saturated heterocycles. The second kappa shape index (κ2) is 10.4. The number of hydrogen-bond acceptors (Lipinski definition) is 5. The van der Waals surface area contributed by atoms with Crippen molar-refractivity contribution in [3.8, 4) is 5.75 Å². The van der Waals surface area contributed by atoms with Gasteiger partial charge in [-0.05, 0) is 42.6 Å². The summed E-state index contributed by atoms with van der Waals surface area (Å²) in [6, 6.07) is 21.3. The lowest BCUT2D eigenvalue weighted by molar-refractivity contribution is -0.123. The molecule has 4 rings (SSSR count). The zero-order chi connectivity index (χ0) is 23.4. The van der Waals surface area contributed by atoms with Gasteiger partial charge in [-0.2, -0.15) is 5.01 Å². The van der Waals surface area contributed by atoms with Gasteiger partial charge in [0.15, 0.2) is 4.32 Å². The van der Waals surface area contributed by atoms with Gasteiger partial charge >= 0.3 is 0 Å². The average Bonchev–Trinajstić information content (AvgIpc) is 3.07. The molecule has 0 unspecified atom stereocenters. The summed E-state index contributed by atoms with van der Waals surface area (Å²) in [6.07, 6.45) is 1.68. The van der Waals surface area contributed by atoms with Gasteiger partial charge in [-0.25, -0.2) is 0 Å². The number of carbonyl (C=O) groups excluding carboxylic acids is 2. The molecule has 0 saturated carbocycles. The molecule has 1 heterocycles. The maximum absolute atomic E-state index is 13.0. The smallest absolute Gasteiger partial charge is 0.285 e. The summed E-state index contributed by atoms with van der Waals surface area (Å²) in [5.74, 6) is -0.379. The Bertz CT molecular complexity index is 1280. The van der Waals surface area contributed by atoms with E-state index in [1.165, 1.54) is 0 Å². The van der Waals surface area contributed by atoms with Gasteiger partial charge in [-0.1, -0.05) is 83.5 Å². The van der Waals surface area contributed by atoms with Crippen LogP contribution in [-0.2, 0) is 11.4 Å². The van der Waals surface area contributed by atoms with E-state index >= 15 is 0 Å². The van der Waals surface area contributed by atoms with Crippen LogP contribution in [0, 0.1) is 0 Å². The summed E-state index contributed by atoms with van der Waals surface area (Å²) in [7, 11) is 0. The number of benzene rings is 3. The highest BCUT2D eigenvalue weighted by Gasteiger charge is 2.34. The van der Waals surface area contributed by atoms with E-state index in [0.29, 0.717) is 21.2 Å². The Hall–Kier alpha value is -2.84. The maximum atomic E-state index is 13.0. The van der Waals surface area contributed by atoms with Crippen molar-refractivity contribution in [2.24, 2.45) is 0 Å². The number of halogens is 2. The Morgan fingerprint density at radius 3 is 2.42 bits per heavy atom. The third kappa shape index (κ3) is 5.39. The van der Waals surface area contributed by atoms with E-state index in [-0.39, 0.29) is 21.5 Å². The van der Waals surface area contributed by atoms with Crippen LogP contribution in [0.25, 0.3) is 6.08 Å². The Kier molecular flexibility index (Phi) is 7.35. The number of ether oxygens (including phenoxy) is 1. The van der Waals surface area contributed by atoms with Crippen LogP contribution in [0.5, 0.6) is 5.75 Å². The van der Waals surface area contributed by atoms with E-state index in [1.807, 2.05) is 42.5 Å². The maximum Gasteiger partial charge on any atom is 0.285 e. The summed E-state index contributed by atoms with van der Waals surface area (Å²) >= 11 is 18.7. The molecule has 1 aliphatic heterocycles. The molecule has 1 N–H and O–H groups in total. The molecule has 33 heavy (non-hydrogen) atoms. The van der Waals surface area contributed by atoms with Gasteiger partial charge in [0.05, 0.1) is 15.5 Å². The summed E-state index contributed by atoms with van der Waals surface area (Å²) in [5.41, 5.74) is 4.32.